The van der Waals surface area contributed by atoms with Gasteiger partial charge in [0.25, 0.3) is 0 Å². The molecule has 3 heterocycles. The van der Waals surface area contributed by atoms with Crippen LogP contribution in [0.4, 0.5) is 5.82 Å². The van der Waals surface area contributed by atoms with E-state index in [-0.39, 0.29) is 0 Å². The molecule has 7 heteroatoms. The first-order valence-corrected chi connectivity index (χ1v) is 5.80. The first-order valence-electron chi connectivity index (χ1n) is 5.80. The number of rotatable bonds is 2. The molecule has 2 aromatic heterocycles. The zero-order valence-corrected chi connectivity index (χ0v) is 9.69. The number of hydrogen-bond acceptors (Lipinski definition) is 6. The van der Waals surface area contributed by atoms with Crippen molar-refractivity contribution in [2.75, 3.05) is 18.0 Å². The summed E-state index contributed by atoms with van der Waals surface area (Å²) < 4.78 is 1.72. The fourth-order valence-electron chi connectivity index (χ4n) is 2.51. The Labute approximate surface area is 98.6 Å². The van der Waals surface area contributed by atoms with Crippen LogP contribution in [0.3, 0.4) is 0 Å². The van der Waals surface area contributed by atoms with E-state index in [1.165, 1.54) is 0 Å². The molecule has 0 spiro atoms. The Morgan fingerprint density at radius 1 is 1.47 bits per heavy atom. The Balaban J connectivity index is 2.06. The highest BCUT2D eigenvalue weighted by atomic mass is 15.5. The molecule has 1 fully saturated rings. The van der Waals surface area contributed by atoms with Crippen LogP contribution in [-0.4, -0.2) is 44.2 Å². The SMILES string of the molecule is CC1CCN(c2cncc3nnnn23)C1CN. The van der Waals surface area contributed by atoms with E-state index in [4.69, 9.17) is 5.73 Å². The smallest absolute Gasteiger partial charge is 0.199 e. The van der Waals surface area contributed by atoms with Gasteiger partial charge < -0.3 is 10.6 Å². The van der Waals surface area contributed by atoms with Crippen LogP contribution in [0.25, 0.3) is 5.65 Å². The second-order valence-corrected chi connectivity index (χ2v) is 4.48. The minimum absolute atomic E-state index is 0.339. The third kappa shape index (κ3) is 1.54. The van der Waals surface area contributed by atoms with Crippen molar-refractivity contribution >= 4 is 11.5 Å². The van der Waals surface area contributed by atoms with E-state index in [0.29, 0.717) is 24.2 Å². The van der Waals surface area contributed by atoms with Crippen LogP contribution >= 0.6 is 0 Å². The third-order valence-corrected chi connectivity index (χ3v) is 3.51. The summed E-state index contributed by atoms with van der Waals surface area (Å²) in [5, 5.41) is 11.6. The van der Waals surface area contributed by atoms with Gasteiger partial charge in [0.1, 0.15) is 0 Å². The fraction of sp³-hybridized carbons (Fsp3) is 0.600. The monoisotopic (exact) mass is 233 g/mol. The summed E-state index contributed by atoms with van der Waals surface area (Å²) in [7, 11) is 0. The van der Waals surface area contributed by atoms with Crippen LogP contribution in [-0.2, 0) is 0 Å². The average molecular weight is 233 g/mol. The van der Waals surface area contributed by atoms with Crippen LogP contribution < -0.4 is 10.6 Å². The zero-order chi connectivity index (χ0) is 11.8. The number of tetrazole rings is 1. The maximum atomic E-state index is 5.85. The van der Waals surface area contributed by atoms with Crippen molar-refractivity contribution in [2.24, 2.45) is 11.7 Å². The van der Waals surface area contributed by atoms with Gasteiger partial charge in [-0.1, -0.05) is 6.92 Å². The molecule has 2 unspecified atom stereocenters. The number of anilines is 1. The zero-order valence-electron chi connectivity index (χ0n) is 9.69. The predicted octanol–water partition coefficient (Wildman–Crippen LogP) is -0.307. The maximum absolute atomic E-state index is 5.85. The van der Waals surface area contributed by atoms with Crippen molar-refractivity contribution in [3.63, 3.8) is 0 Å². The molecule has 1 aliphatic rings. The molecule has 0 radical (unpaired) electrons. The molecule has 2 N–H and O–H groups in total. The van der Waals surface area contributed by atoms with E-state index < -0.39 is 0 Å². The summed E-state index contributed by atoms with van der Waals surface area (Å²) in [6.07, 6.45) is 4.59. The van der Waals surface area contributed by atoms with Gasteiger partial charge in [0.05, 0.1) is 12.4 Å². The number of fused-ring (bicyclic) bond motifs is 1. The van der Waals surface area contributed by atoms with E-state index in [2.05, 4.69) is 32.3 Å². The molecule has 0 saturated carbocycles. The normalized spacial score (nSPS) is 24.7. The third-order valence-electron chi connectivity index (χ3n) is 3.51. The van der Waals surface area contributed by atoms with Gasteiger partial charge in [0.2, 0.25) is 0 Å². The lowest BCUT2D eigenvalue weighted by Gasteiger charge is -2.27. The lowest BCUT2D eigenvalue weighted by Crippen LogP contribution is -2.39. The van der Waals surface area contributed by atoms with Gasteiger partial charge in [0.15, 0.2) is 11.5 Å². The molecule has 7 nitrogen and oxygen atoms in total. The molecule has 90 valence electrons. The Hall–Kier alpha value is -1.76. The van der Waals surface area contributed by atoms with E-state index in [1.54, 1.807) is 16.9 Å². The van der Waals surface area contributed by atoms with E-state index in [1.807, 2.05) is 0 Å². The minimum atomic E-state index is 0.339. The molecule has 1 aliphatic heterocycles. The largest absolute Gasteiger partial charge is 0.351 e. The summed E-state index contributed by atoms with van der Waals surface area (Å²) in [6.45, 7) is 3.84. The van der Waals surface area contributed by atoms with Crippen LogP contribution in [0.2, 0.25) is 0 Å². The number of nitrogens with two attached hydrogens (primary N) is 1. The Bertz CT molecular complexity index is 522. The van der Waals surface area contributed by atoms with Crippen LogP contribution in [0.15, 0.2) is 12.4 Å². The lowest BCUT2D eigenvalue weighted by atomic mass is 10.0. The average Bonchev–Trinajstić information content (AvgIpc) is 2.94. The van der Waals surface area contributed by atoms with Crippen molar-refractivity contribution < 1.29 is 0 Å². The molecule has 1 saturated heterocycles. The molecule has 2 atom stereocenters. The minimum Gasteiger partial charge on any atom is -0.351 e. The first-order chi connectivity index (χ1) is 8.31. The predicted molar refractivity (Wildman–Crippen MR) is 62.5 cm³/mol. The maximum Gasteiger partial charge on any atom is 0.199 e. The van der Waals surface area contributed by atoms with Crippen molar-refractivity contribution in [3.8, 4) is 0 Å². The van der Waals surface area contributed by atoms with Crippen molar-refractivity contribution in [3.05, 3.63) is 12.4 Å². The van der Waals surface area contributed by atoms with Gasteiger partial charge in [-0.15, -0.1) is 5.10 Å². The second-order valence-electron chi connectivity index (χ2n) is 4.48. The van der Waals surface area contributed by atoms with Crippen molar-refractivity contribution in [1.82, 2.24) is 25.0 Å². The number of nitrogens with zero attached hydrogens (tertiary/aromatic N) is 6. The fourth-order valence-corrected chi connectivity index (χ4v) is 2.51. The molecule has 0 aromatic carbocycles. The summed E-state index contributed by atoms with van der Waals surface area (Å²) >= 11 is 0. The molecular weight excluding hydrogens is 218 g/mol. The quantitative estimate of drug-likeness (QED) is 0.766. The number of aromatic nitrogens is 5. The summed E-state index contributed by atoms with van der Waals surface area (Å²) in [5.74, 6) is 1.51. The number of hydrogen-bond donors (Lipinski definition) is 1. The van der Waals surface area contributed by atoms with Crippen molar-refractivity contribution in [1.29, 1.82) is 0 Å². The van der Waals surface area contributed by atoms with Gasteiger partial charge >= 0.3 is 0 Å². The van der Waals surface area contributed by atoms with Crippen LogP contribution in [0.5, 0.6) is 0 Å². The van der Waals surface area contributed by atoms with Gasteiger partial charge in [-0.25, -0.2) is 0 Å². The molecule has 3 rings (SSSR count). The highest BCUT2D eigenvalue weighted by molar-refractivity contribution is 5.47. The molecule has 0 bridgehead atoms. The topological polar surface area (TPSA) is 85.2 Å². The van der Waals surface area contributed by atoms with E-state index in [9.17, 15) is 0 Å². The molecular formula is C10H15N7. The van der Waals surface area contributed by atoms with E-state index in [0.717, 1.165) is 18.8 Å². The summed E-state index contributed by atoms with van der Waals surface area (Å²) in [4.78, 5) is 6.43. The van der Waals surface area contributed by atoms with Gasteiger partial charge in [-0.3, -0.25) is 4.98 Å². The van der Waals surface area contributed by atoms with Crippen LogP contribution in [0.1, 0.15) is 13.3 Å². The van der Waals surface area contributed by atoms with Gasteiger partial charge in [0, 0.05) is 19.1 Å². The summed E-state index contributed by atoms with van der Waals surface area (Å²) in [6, 6.07) is 0.339. The van der Waals surface area contributed by atoms with E-state index >= 15 is 0 Å². The van der Waals surface area contributed by atoms with Crippen LogP contribution in [0, 0.1) is 5.92 Å². The van der Waals surface area contributed by atoms with Gasteiger partial charge in [-0.2, -0.15) is 4.52 Å². The Morgan fingerprint density at radius 3 is 3.18 bits per heavy atom. The highest BCUT2D eigenvalue weighted by Crippen LogP contribution is 2.28. The highest BCUT2D eigenvalue weighted by Gasteiger charge is 2.31. The second kappa shape index (κ2) is 3.92. The lowest BCUT2D eigenvalue weighted by molar-refractivity contribution is 0.515. The molecule has 0 amide bonds. The van der Waals surface area contributed by atoms with Gasteiger partial charge in [-0.05, 0) is 22.8 Å². The Morgan fingerprint density at radius 2 is 2.35 bits per heavy atom. The van der Waals surface area contributed by atoms with Crippen molar-refractivity contribution in [2.45, 2.75) is 19.4 Å². The molecule has 17 heavy (non-hydrogen) atoms. The standard InChI is InChI=1S/C10H15N7/c1-7-2-3-16(8(7)4-11)10-6-12-5-9-13-14-15-17(9)10/h5-8H,2-4,11H2,1H3. The Kier molecular flexibility index (Phi) is 2.40. The molecule has 2 aromatic rings. The molecule has 0 aliphatic carbocycles. The first kappa shape index (κ1) is 10.4. The summed E-state index contributed by atoms with van der Waals surface area (Å²) in [5.41, 5.74) is 6.51.